The number of nitrogens with one attached hydrogen (secondary N) is 1. The van der Waals surface area contributed by atoms with Gasteiger partial charge in [0.2, 0.25) is 5.91 Å². The molecule has 1 aliphatic rings. The molecule has 0 bridgehead atoms. The van der Waals surface area contributed by atoms with Gasteiger partial charge in [0.05, 0.1) is 11.8 Å². The van der Waals surface area contributed by atoms with Gasteiger partial charge >= 0.3 is 0 Å². The van der Waals surface area contributed by atoms with E-state index in [0.29, 0.717) is 13.2 Å². The Kier molecular flexibility index (Phi) is 6.17. The highest BCUT2D eigenvalue weighted by Crippen LogP contribution is 2.16. The first-order valence-electron chi connectivity index (χ1n) is 8.50. The predicted octanol–water partition coefficient (Wildman–Crippen LogP) is 2.97. The number of amides is 1. The SMILES string of the molecule is O=C(/C=C/c1ccccn1)NCc1ccc(OCC2CCCO2)cc1. The lowest BCUT2D eigenvalue weighted by molar-refractivity contribution is -0.116. The number of hydrogen-bond acceptors (Lipinski definition) is 4. The number of hydrogen-bond donors (Lipinski definition) is 1. The summed E-state index contributed by atoms with van der Waals surface area (Å²) in [6.07, 6.45) is 7.26. The van der Waals surface area contributed by atoms with Crippen molar-refractivity contribution in [3.05, 3.63) is 66.0 Å². The standard InChI is InChI=1S/C20H22N2O3/c23-20(11-8-17-4-1-2-12-21-17)22-14-16-6-9-18(10-7-16)25-15-19-5-3-13-24-19/h1-2,4,6-12,19H,3,5,13-15H2,(H,22,23)/b11-8+. The van der Waals surface area contributed by atoms with Crippen molar-refractivity contribution in [1.29, 1.82) is 0 Å². The van der Waals surface area contributed by atoms with E-state index in [1.165, 1.54) is 6.08 Å². The van der Waals surface area contributed by atoms with Gasteiger partial charge in [-0.05, 0) is 48.7 Å². The number of aromatic nitrogens is 1. The number of rotatable bonds is 7. The summed E-state index contributed by atoms with van der Waals surface area (Å²) in [7, 11) is 0. The first-order chi connectivity index (χ1) is 12.3. The van der Waals surface area contributed by atoms with Gasteiger partial charge in [-0.15, -0.1) is 0 Å². The van der Waals surface area contributed by atoms with Crippen LogP contribution in [0.1, 0.15) is 24.1 Å². The molecule has 1 N–H and O–H groups in total. The molecule has 130 valence electrons. The van der Waals surface area contributed by atoms with Crippen molar-refractivity contribution in [1.82, 2.24) is 10.3 Å². The Hall–Kier alpha value is -2.66. The molecule has 1 aliphatic heterocycles. The molecule has 1 unspecified atom stereocenters. The molecule has 1 aromatic carbocycles. The fraction of sp³-hybridized carbons (Fsp3) is 0.300. The molecular weight excluding hydrogens is 316 g/mol. The number of pyridine rings is 1. The average Bonchev–Trinajstić information content (AvgIpc) is 3.18. The van der Waals surface area contributed by atoms with Crippen LogP contribution in [-0.4, -0.2) is 30.2 Å². The summed E-state index contributed by atoms with van der Waals surface area (Å²) in [6, 6.07) is 13.3. The largest absolute Gasteiger partial charge is 0.491 e. The Bertz CT molecular complexity index is 693. The zero-order valence-corrected chi connectivity index (χ0v) is 14.1. The molecule has 1 atom stereocenters. The second-order valence-corrected chi connectivity index (χ2v) is 5.90. The topological polar surface area (TPSA) is 60.5 Å². The molecule has 0 aliphatic carbocycles. The highest BCUT2D eigenvalue weighted by Gasteiger charge is 2.15. The van der Waals surface area contributed by atoms with Crippen LogP contribution in [0.25, 0.3) is 6.08 Å². The van der Waals surface area contributed by atoms with Crippen molar-refractivity contribution in [3.63, 3.8) is 0 Å². The maximum atomic E-state index is 11.8. The summed E-state index contributed by atoms with van der Waals surface area (Å²) >= 11 is 0. The third kappa shape index (κ3) is 5.72. The molecule has 5 nitrogen and oxygen atoms in total. The van der Waals surface area contributed by atoms with Gasteiger partial charge in [-0.3, -0.25) is 9.78 Å². The highest BCUT2D eigenvalue weighted by atomic mass is 16.5. The molecule has 5 heteroatoms. The minimum Gasteiger partial charge on any atom is -0.491 e. The molecule has 0 saturated carbocycles. The molecule has 3 rings (SSSR count). The van der Waals surface area contributed by atoms with Gasteiger partial charge in [0, 0.05) is 25.4 Å². The Morgan fingerprint density at radius 3 is 2.88 bits per heavy atom. The summed E-state index contributed by atoms with van der Waals surface area (Å²) in [5.74, 6) is 0.671. The molecule has 0 spiro atoms. The van der Waals surface area contributed by atoms with Gasteiger partial charge < -0.3 is 14.8 Å². The normalized spacial score (nSPS) is 16.9. The Labute approximate surface area is 147 Å². The second kappa shape index (κ2) is 8.99. The Morgan fingerprint density at radius 1 is 1.28 bits per heavy atom. The van der Waals surface area contributed by atoms with E-state index in [1.807, 2.05) is 42.5 Å². The van der Waals surface area contributed by atoms with E-state index < -0.39 is 0 Å². The fourth-order valence-electron chi connectivity index (χ4n) is 2.55. The highest BCUT2D eigenvalue weighted by molar-refractivity contribution is 5.91. The average molecular weight is 338 g/mol. The van der Waals surface area contributed by atoms with Gasteiger partial charge in [0.15, 0.2) is 0 Å². The number of carbonyl (C=O) groups excluding carboxylic acids is 1. The minimum atomic E-state index is -0.149. The summed E-state index contributed by atoms with van der Waals surface area (Å²) in [6.45, 7) is 1.90. The van der Waals surface area contributed by atoms with Crippen LogP contribution in [0.2, 0.25) is 0 Å². The van der Waals surface area contributed by atoms with Crippen molar-refractivity contribution >= 4 is 12.0 Å². The number of ether oxygens (including phenoxy) is 2. The summed E-state index contributed by atoms with van der Waals surface area (Å²) in [5.41, 5.74) is 1.77. The molecular formula is C20H22N2O3. The van der Waals surface area contributed by atoms with Gasteiger partial charge in [0.1, 0.15) is 12.4 Å². The number of benzene rings is 1. The second-order valence-electron chi connectivity index (χ2n) is 5.90. The molecule has 2 heterocycles. The molecule has 25 heavy (non-hydrogen) atoms. The van der Waals surface area contributed by atoms with Gasteiger partial charge in [-0.25, -0.2) is 0 Å². The first kappa shape index (κ1) is 17.2. The van der Waals surface area contributed by atoms with Gasteiger partial charge in [0.25, 0.3) is 0 Å². The van der Waals surface area contributed by atoms with E-state index in [9.17, 15) is 4.79 Å². The van der Waals surface area contributed by atoms with Gasteiger partial charge in [-0.1, -0.05) is 18.2 Å². The van der Waals surface area contributed by atoms with E-state index >= 15 is 0 Å². The Morgan fingerprint density at radius 2 is 2.16 bits per heavy atom. The van der Waals surface area contributed by atoms with Crippen LogP contribution in [0.15, 0.2) is 54.7 Å². The minimum absolute atomic E-state index is 0.149. The predicted molar refractivity (Wildman–Crippen MR) is 96.0 cm³/mol. The third-order valence-electron chi connectivity index (χ3n) is 3.94. The molecule has 0 radical (unpaired) electrons. The molecule has 1 aromatic heterocycles. The lowest BCUT2D eigenvalue weighted by Gasteiger charge is -2.11. The Balaban J connectivity index is 1.41. The maximum Gasteiger partial charge on any atom is 0.244 e. The van der Waals surface area contributed by atoms with Crippen LogP contribution in [0.3, 0.4) is 0 Å². The monoisotopic (exact) mass is 338 g/mol. The summed E-state index contributed by atoms with van der Waals surface area (Å²) in [5, 5.41) is 2.85. The number of nitrogens with zero attached hydrogens (tertiary/aromatic N) is 1. The van der Waals surface area contributed by atoms with Gasteiger partial charge in [-0.2, -0.15) is 0 Å². The van der Waals surface area contributed by atoms with Crippen LogP contribution < -0.4 is 10.1 Å². The van der Waals surface area contributed by atoms with Crippen LogP contribution in [0, 0.1) is 0 Å². The fourth-order valence-corrected chi connectivity index (χ4v) is 2.55. The van der Waals surface area contributed by atoms with E-state index in [1.54, 1.807) is 12.3 Å². The molecule has 1 saturated heterocycles. The van der Waals surface area contributed by atoms with E-state index in [0.717, 1.165) is 36.5 Å². The maximum absolute atomic E-state index is 11.8. The van der Waals surface area contributed by atoms with Crippen LogP contribution in [-0.2, 0) is 16.1 Å². The zero-order chi connectivity index (χ0) is 17.3. The van der Waals surface area contributed by atoms with E-state index in [-0.39, 0.29) is 12.0 Å². The van der Waals surface area contributed by atoms with Crippen molar-refractivity contribution in [2.75, 3.05) is 13.2 Å². The molecule has 2 aromatic rings. The smallest absolute Gasteiger partial charge is 0.244 e. The number of carbonyl (C=O) groups is 1. The summed E-state index contributed by atoms with van der Waals surface area (Å²) in [4.78, 5) is 16.0. The van der Waals surface area contributed by atoms with Crippen molar-refractivity contribution in [3.8, 4) is 5.75 Å². The lowest BCUT2D eigenvalue weighted by Crippen LogP contribution is -2.20. The quantitative estimate of drug-likeness (QED) is 0.789. The first-order valence-corrected chi connectivity index (χ1v) is 8.50. The van der Waals surface area contributed by atoms with Crippen LogP contribution >= 0.6 is 0 Å². The van der Waals surface area contributed by atoms with Crippen LogP contribution in [0.5, 0.6) is 5.75 Å². The molecule has 1 amide bonds. The van der Waals surface area contributed by atoms with E-state index in [4.69, 9.17) is 9.47 Å². The van der Waals surface area contributed by atoms with Crippen molar-refractivity contribution in [2.45, 2.75) is 25.5 Å². The van der Waals surface area contributed by atoms with E-state index in [2.05, 4.69) is 10.3 Å². The lowest BCUT2D eigenvalue weighted by atomic mass is 10.2. The third-order valence-corrected chi connectivity index (χ3v) is 3.94. The molecule has 1 fully saturated rings. The van der Waals surface area contributed by atoms with Crippen LogP contribution in [0.4, 0.5) is 0 Å². The van der Waals surface area contributed by atoms with Crippen molar-refractivity contribution in [2.24, 2.45) is 0 Å². The summed E-state index contributed by atoms with van der Waals surface area (Å²) < 4.78 is 11.3. The van der Waals surface area contributed by atoms with Crippen molar-refractivity contribution < 1.29 is 14.3 Å². The zero-order valence-electron chi connectivity index (χ0n) is 14.1.